The largest absolute Gasteiger partial charge is 0.339 e. The van der Waals surface area contributed by atoms with Gasteiger partial charge in [0.1, 0.15) is 0 Å². The lowest BCUT2D eigenvalue weighted by molar-refractivity contribution is 0.344. The van der Waals surface area contributed by atoms with E-state index in [-0.39, 0.29) is 5.92 Å². The fraction of sp³-hybridized carbons (Fsp3) is 0.429. The van der Waals surface area contributed by atoms with Gasteiger partial charge in [0.25, 0.3) is 0 Å². The third kappa shape index (κ3) is 3.51. The number of nitrogens with two attached hydrogens (primary N) is 1. The van der Waals surface area contributed by atoms with E-state index in [0.29, 0.717) is 34.7 Å². The number of hydrogen-bond acceptors (Lipinski definition) is 4. The Balaban J connectivity index is 2.17. The van der Waals surface area contributed by atoms with Crippen LogP contribution in [0.3, 0.4) is 0 Å². The van der Waals surface area contributed by atoms with Crippen LogP contribution in [0.1, 0.15) is 43.0 Å². The first kappa shape index (κ1) is 15.3. The van der Waals surface area contributed by atoms with Gasteiger partial charge < -0.3 is 10.3 Å². The monoisotopic (exact) mass is 313 g/mol. The van der Waals surface area contributed by atoms with Crippen LogP contribution in [0.15, 0.2) is 22.7 Å². The van der Waals surface area contributed by atoms with Crippen molar-refractivity contribution in [1.29, 1.82) is 0 Å². The van der Waals surface area contributed by atoms with Crippen molar-refractivity contribution in [3.8, 4) is 0 Å². The van der Waals surface area contributed by atoms with E-state index < -0.39 is 0 Å². The topological polar surface area (TPSA) is 64.9 Å². The average molecular weight is 314 g/mol. The molecule has 0 spiro atoms. The summed E-state index contributed by atoms with van der Waals surface area (Å²) in [6.45, 7) is 2.60. The Morgan fingerprint density at radius 2 is 2.00 bits per heavy atom. The summed E-state index contributed by atoms with van der Waals surface area (Å²) in [6.07, 6.45) is 2.41. The van der Waals surface area contributed by atoms with E-state index in [4.69, 9.17) is 33.5 Å². The lowest BCUT2D eigenvalue weighted by Gasteiger charge is -2.06. The van der Waals surface area contributed by atoms with E-state index in [2.05, 4.69) is 17.1 Å². The number of rotatable bonds is 6. The maximum Gasteiger partial charge on any atom is 0.231 e. The van der Waals surface area contributed by atoms with E-state index in [1.54, 1.807) is 12.1 Å². The molecule has 0 bridgehead atoms. The first-order valence-electron chi connectivity index (χ1n) is 6.61. The molecule has 0 aliphatic heterocycles. The van der Waals surface area contributed by atoms with Crippen LogP contribution in [0.5, 0.6) is 0 Å². The Morgan fingerprint density at radius 3 is 2.60 bits per heavy atom. The van der Waals surface area contributed by atoms with Crippen LogP contribution in [0.25, 0.3) is 0 Å². The molecule has 1 unspecified atom stereocenters. The van der Waals surface area contributed by atoms with Crippen LogP contribution in [-0.2, 0) is 6.42 Å². The van der Waals surface area contributed by atoms with Crippen molar-refractivity contribution in [1.82, 2.24) is 10.1 Å². The fourth-order valence-electron chi connectivity index (χ4n) is 2.06. The Morgan fingerprint density at radius 1 is 1.30 bits per heavy atom. The van der Waals surface area contributed by atoms with E-state index in [0.717, 1.165) is 18.4 Å². The lowest BCUT2D eigenvalue weighted by atomic mass is 10.0. The zero-order valence-corrected chi connectivity index (χ0v) is 12.8. The molecule has 1 heterocycles. The lowest BCUT2D eigenvalue weighted by Crippen LogP contribution is -2.12. The minimum atomic E-state index is 0.114. The average Bonchev–Trinajstić information content (AvgIpc) is 2.89. The molecule has 20 heavy (non-hydrogen) atoms. The van der Waals surface area contributed by atoms with Gasteiger partial charge in [-0.1, -0.05) is 47.8 Å². The minimum Gasteiger partial charge on any atom is -0.339 e. The smallest absolute Gasteiger partial charge is 0.231 e. The number of benzene rings is 1. The fourth-order valence-corrected chi connectivity index (χ4v) is 2.59. The number of aromatic nitrogens is 2. The van der Waals surface area contributed by atoms with Crippen molar-refractivity contribution >= 4 is 23.2 Å². The third-order valence-electron chi connectivity index (χ3n) is 3.15. The summed E-state index contributed by atoms with van der Waals surface area (Å²) in [5.74, 6) is 1.28. The third-order valence-corrected chi connectivity index (χ3v) is 3.86. The Hall–Kier alpha value is -1.10. The van der Waals surface area contributed by atoms with Gasteiger partial charge in [-0.25, -0.2) is 0 Å². The van der Waals surface area contributed by atoms with E-state index in [1.165, 1.54) is 0 Å². The van der Waals surface area contributed by atoms with E-state index in [1.807, 2.05) is 6.07 Å². The molecule has 0 saturated heterocycles. The molecular formula is C14H17Cl2N3O. The summed E-state index contributed by atoms with van der Waals surface area (Å²) >= 11 is 12.3. The molecule has 1 aromatic carbocycles. The van der Waals surface area contributed by atoms with Crippen LogP contribution in [0.2, 0.25) is 10.0 Å². The molecule has 4 nitrogen and oxygen atoms in total. The molecule has 2 aromatic rings. The maximum atomic E-state index is 6.14. The molecule has 0 fully saturated rings. The molecule has 2 rings (SSSR count). The zero-order valence-electron chi connectivity index (χ0n) is 11.3. The molecule has 0 amide bonds. The van der Waals surface area contributed by atoms with E-state index in [9.17, 15) is 0 Å². The molecule has 0 radical (unpaired) electrons. The van der Waals surface area contributed by atoms with Gasteiger partial charge in [-0.05, 0) is 24.1 Å². The highest BCUT2D eigenvalue weighted by atomic mass is 35.5. The summed E-state index contributed by atoms with van der Waals surface area (Å²) in [4.78, 5) is 4.40. The van der Waals surface area contributed by atoms with Crippen molar-refractivity contribution < 1.29 is 4.52 Å². The zero-order chi connectivity index (χ0) is 14.5. The van der Waals surface area contributed by atoms with Gasteiger partial charge in [-0.3, -0.25) is 0 Å². The van der Waals surface area contributed by atoms with Crippen LogP contribution in [0.4, 0.5) is 0 Å². The van der Waals surface area contributed by atoms with Crippen molar-refractivity contribution in [3.05, 3.63) is 45.5 Å². The van der Waals surface area contributed by atoms with Gasteiger partial charge in [-0.2, -0.15) is 4.98 Å². The number of hydrogen-bond donors (Lipinski definition) is 1. The van der Waals surface area contributed by atoms with Crippen LogP contribution >= 0.6 is 23.2 Å². The van der Waals surface area contributed by atoms with Gasteiger partial charge in [0.2, 0.25) is 5.89 Å². The quantitative estimate of drug-likeness (QED) is 0.880. The van der Waals surface area contributed by atoms with Gasteiger partial charge in [0, 0.05) is 23.0 Å². The SMILES string of the molecule is CCCC(CN)c1nc(Cc2c(Cl)cccc2Cl)no1. The van der Waals surface area contributed by atoms with E-state index >= 15 is 0 Å². The second-order valence-corrected chi connectivity index (χ2v) is 5.46. The Labute approximate surface area is 128 Å². The number of nitrogens with zero attached hydrogens (tertiary/aromatic N) is 2. The molecule has 6 heteroatoms. The standard InChI is InChI=1S/C14H17Cl2N3O/c1-2-4-9(8-17)14-18-13(19-20-14)7-10-11(15)5-3-6-12(10)16/h3,5-6,9H,2,4,7-8,17H2,1H3. The highest BCUT2D eigenvalue weighted by Gasteiger charge is 2.18. The van der Waals surface area contributed by atoms with Crippen molar-refractivity contribution in [2.24, 2.45) is 5.73 Å². The second kappa shape index (κ2) is 7.07. The Bertz CT molecular complexity index is 551. The molecule has 1 atom stereocenters. The molecule has 0 aliphatic rings. The summed E-state index contributed by atoms with van der Waals surface area (Å²) in [7, 11) is 0. The molecule has 2 N–H and O–H groups in total. The predicted molar refractivity (Wildman–Crippen MR) is 80.3 cm³/mol. The first-order valence-corrected chi connectivity index (χ1v) is 7.36. The normalized spacial score (nSPS) is 12.6. The van der Waals surface area contributed by atoms with Crippen LogP contribution in [-0.4, -0.2) is 16.7 Å². The van der Waals surface area contributed by atoms with Crippen LogP contribution < -0.4 is 5.73 Å². The maximum absolute atomic E-state index is 6.14. The summed E-state index contributed by atoms with van der Waals surface area (Å²) in [5.41, 5.74) is 6.54. The first-order chi connectivity index (χ1) is 9.65. The highest BCUT2D eigenvalue weighted by Crippen LogP contribution is 2.27. The molecule has 108 valence electrons. The van der Waals surface area contributed by atoms with Gasteiger partial charge >= 0.3 is 0 Å². The van der Waals surface area contributed by atoms with Crippen molar-refractivity contribution in [2.75, 3.05) is 6.54 Å². The molecule has 0 aliphatic carbocycles. The Kier molecular flexibility index (Phi) is 5.40. The summed E-state index contributed by atoms with van der Waals surface area (Å²) in [5, 5.41) is 5.19. The predicted octanol–water partition coefficient (Wildman–Crippen LogP) is 3.81. The molecular weight excluding hydrogens is 297 g/mol. The molecule has 0 saturated carbocycles. The highest BCUT2D eigenvalue weighted by molar-refractivity contribution is 6.36. The molecule has 1 aromatic heterocycles. The van der Waals surface area contributed by atoms with Crippen molar-refractivity contribution in [3.63, 3.8) is 0 Å². The van der Waals surface area contributed by atoms with Gasteiger partial charge in [0.15, 0.2) is 5.82 Å². The summed E-state index contributed by atoms with van der Waals surface area (Å²) in [6, 6.07) is 5.40. The summed E-state index contributed by atoms with van der Waals surface area (Å²) < 4.78 is 5.29. The second-order valence-electron chi connectivity index (χ2n) is 4.65. The van der Waals surface area contributed by atoms with Crippen molar-refractivity contribution in [2.45, 2.75) is 32.1 Å². The van der Waals surface area contributed by atoms with Gasteiger partial charge in [0.05, 0.1) is 5.92 Å². The number of halogens is 2. The minimum absolute atomic E-state index is 0.114. The van der Waals surface area contributed by atoms with Crippen LogP contribution in [0, 0.1) is 0 Å². The van der Waals surface area contributed by atoms with Gasteiger partial charge in [-0.15, -0.1) is 0 Å².